The van der Waals surface area contributed by atoms with E-state index >= 15 is 0 Å². The van der Waals surface area contributed by atoms with Gasteiger partial charge in [0.15, 0.2) is 5.78 Å². The van der Waals surface area contributed by atoms with Crippen LogP contribution in [0.25, 0.3) is 0 Å². The van der Waals surface area contributed by atoms with Gasteiger partial charge in [0.25, 0.3) is 0 Å². The number of aromatic nitrogens is 2. The summed E-state index contributed by atoms with van der Waals surface area (Å²) in [6, 6.07) is 6.26. The lowest BCUT2D eigenvalue weighted by molar-refractivity contribution is -0.119. The van der Waals surface area contributed by atoms with Gasteiger partial charge in [-0.25, -0.2) is 4.39 Å². The van der Waals surface area contributed by atoms with Crippen LogP contribution >= 0.6 is 11.6 Å². The second-order valence-electron chi connectivity index (χ2n) is 4.07. The first-order valence-corrected chi connectivity index (χ1v) is 5.88. The van der Waals surface area contributed by atoms with Crippen molar-refractivity contribution in [1.29, 1.82) is 0 Å². The van der Waals surface area contributed by atoms with E-state index in [1.54, 1.807) is 31.3 Å². The number of nitrogens with zero attached hydrogens (tertiary/aromatic N) is 2. The van der Waals surface area contributed by atoms with Crippen LogP contribution in [-0.4, -0.2) is 15.6 Å². The highest BCUT2D eigenvalue weighted by molar-refractivity contribution is 6.31. The lowest BCUT2D eigenvalue weighted by atomic mass is 10.1. The average Bonchev–Trinajstić information content (AvgIpc) is 2.61. The normalized spacial score (nSPS) is 10.6. The quantitative estimate of drug-likeness (QED) is 0.853. The van der Waals surface area contributed by atoms with Crippen molar-refractivity contribution in [1.82, 2.24) is 9.78 Å². The van der Waals surface area contributed by atoms with Gasteiger partial charge >= 0.3 is 0 Å². The third kappa shape index (κ3) is 2.96. The molecule has 0 aliphatic carbocycles. The van der Waals surface area contributed by atoms with Crippen molar-refractivity contribution in [2.45, 2.75) is 19.9 Å². The number of hydrogen-bond acceptors (Lipinski definition) is 2. The van der Waals surface area contributed by atoms with Crippen molar-refractivity contribution < 1.29 is 9.18 Å². The molecule has 94 valence electrons. The van der Waals surface area contributed by atoms with E-state index in [1.165, 1.54) is 10.7 Å². The summed E-state index contributed by atoms with van der Waals surface area (Å²) in [5.74, 6) is -0.472. The maximum Gasteiger partial charge on any atom is 0.158 e. The summed E-state index contributed by atoms with van der Waals surface area (Å²) in [5, 5.41) is 4.61. The number of benzene rings is 1. The number of ketones is 1. The van der Waals surface area contributed by atoms with E-state index < -0.39 is 0 Å². The molecule has 0 atom stereocenters. The van der Waals surface area contributed by atoms with Gasteiger partial charge in [0.1, 0.15) is 5.82 Å². The van der Waals surface area contributed by atoms with Crippen molar-refractivity contribution in [3.63, 3.8) is 0 Å². The SMILES string of the molecule is Cc1nn(CC(=O)Cc2ccccc2F)cc1Cl. The second kappa shape index (κ2) is 5.31. The molecule has 1 aromatic heterocycles. The van der Waals surface area contributed by atoms with Gasteiger partial charge in [-0.3, -0.25) is 9.48 Å². The van der Waals surface area contributed by atoms with Gasteiger partial charge in [-0.2, -0.15) is 5.10 Å². The molecule has 0 spiro atoms. The van der Waals surface area contributed by atoms with Crippen molar-refractivity contribution in [3.8, 4) is 0 Å². The minimum Gasteiger partial charge on any atom is -0.297 e. The molecule has 0 amide bonds. The first-order chi connectivity index (χ1) is 8.56. The van der Waals surface area contributed by atoms with Crippen molar-refractivity contribution in [2.24, 2.45) is 0 Å². The Morgan fingerprint density at radius 2 is 2.17 bits per heavy atom. The number of hydrogen-bond donors (Lipinski definition) is 0. The van der Waals surface area contributed by atoms with E-state index in [2.05, 4.69) is 5.10 Å². The Hall–Kier alpha value is -1.68. The number of carbonyl (C=O) groups excluding carboxylic acids is 1. The Labute approximate surface area is 109 Å². The molecule has 5 heteroatoms. The molecule has 0 unspecified atom stereocenters. The van der Waals surface area contributed by atoms with Crippen LogP contribution in [0.1, 0.15) is 11.3 Å². The summed E-state index contributed by atoms with van der Waals surface area (Å²) < 4.78 is 14.8. The zero-order valence-electron chi connectivity index (χ0n) is 9.86. The molecule has 3 nitrogen and oxygen atoms in total. The third-order valence-corrected chi connectivity index (χ3v) is 2.94. The molecule has 2 rings (SSSR count). The standard InChI is InChI=1S/C13H12ClFN2O/c1-9-12(14)8-17(16-9)7-11(18)6-10-4-2-3-5-13(10)15/h2-5,8H,6-7H2,1H3. The maximum atomic E-state index is 13.4. The zero-order chi connectivity index (χ0) is 13.1. The molecule has 0 fully saturated rings. The predicted molar refractivity (Wildman–Crippen MR) is 67.1 cm³/mol. The van der Waals surface area contributed by atoms with Crippen molar-refractivity contribution >= 4 is 17.4 Å². The topological polar surface area (TPSA) is 34.9 Å². The van der Waals surface area contributed by atoms with E-state index in [9.17, 15) is 9.18 Å². The van der Waals surface area contributed by atoms with Crippen LogP contribution in [-0.2, 0) is 17.8 Å². The van der Waals surface area contributed by atoms with Gasteiger partial charge in [-0.15, -0.1) is 0 Å². The summed E-state index contributed by atoms with van der Waals surface area (Å²) in [6.07, 6.45) is 1.65. The molecule has 1 heterocycles. The molecular formula is C13H12ClFN2O. The Kier molecular flexibility index (Phi) is 3.77. The summed E-state index contributed by atoms with van der Waals surface area (Å²) in [4.78, 5) is 11.8. The monoisotopic (exact) mass is 266 g/mol. The smallest absolute Gasteiger partial charge is 0.158 e. The number of carbonyl (C=O) groups is 1. The highest BCUT2D eigenvalue weighted by Crippen LogP contribution is 2.13. The highest BCUT2D eigenvalue weighted by atomic mass is 35.5. The fourth-order valence-corrected chi connectivity index (χ4v) is 1.82. The lowest BCUT2D eigenvalue weighted by Crippen LogP contribution is -2.13. The highest BCUT2D eigenvalue weighted by Gasteiger charge is 2.10. The molecule has 2 aromatic rings. The summed E-state index contributed by atoms with van der Waals surface area (Å²) in [5.41, 5.74) is 1.08. The van der Waals surface area contributed by atoms with Crippen LogP contribution in [0.5, 0.6) is 0 Å². The van der Waals surface area contributed by atoms with Gasteiger partial charge in [-0.1, -0.05) is 29.8 Å². The third-order valence-electron chi connectivity index (χ3n) is 2.57. The zero-order valence-corrected chi connectivity index (χ0v) is 10.6. The fraction of sp³-hybridized carbons (Fsp3) is 0.231. The molecule has 0 aliphatic heterocycles. The van der Waals surface area contributed by atoms with Crippen LogP contribution < -0.4 is 0 Å². The number of halogens is 2. The molecule has 18 heavy (non-hydrogen) atoms. The first kappa shape index (κ1) is 12.8. The minimum absolute atomic E-state index is 0.0587. The van der Waals surface area contributed by atoms with Crippen LogP contribution in [0, 0.1) is 12.7 Å². The van der Waals surface area contributed by atoms with Crippen molar-refractivity contribution in [2.75, 3.05) is 0 Å². The number of aryl methyl sites for hydroxylation is 1. The van der Waals surface area contributed by atoms with Gasteiger partial charge in [-0.05, 0) is 18.6 Å². The van der Waals surface area contributed by atoms with E-state index in [0.717, 1.165) is 0 Å². The summed E-state index contributed by atoms with van der Waals surface area (Å²) in [6.45, 7) is 1.86. The summed E-state index contributed by atoms with van der Waals surface area (Å²) >= 11 is 5.84. The first-order valence-electron chi connectivity index (χ1n) is 5.51. The number of Topliss-reactive ketones (excluding diaryl/α,β-unsaturated/α-hetero) is 1. The van der Waals surface area contributed by atoms with Crippen molar-refractivity contribution in [3.05, 3.63) is 52.6 Å². The molecular weight excluding hydrogens is 255 g/mol. The van der Waals surface area contributed by atoms with Gasteiger partial charge in [0.2, 0.25) is 0 Å². The Morgan fingerprint density at radius 3 is 2.78 bits per heavy atom. The molecule has 0 radical (unpaired) electrons. The average molecular weight is 267 g/mol. The van der Waals surface area contributed by atoms with Gasteiger partial charge in [0.05, 0.1) is 17.3 Å². The fourth-order valence-electron chi connectivity index (χ4n) is 1.67. The summed E-state index contributed by atoms with van der Waals surface area (Å²) in [7, 11) is 0. The predicted octanol–water partition coefficient (Wildman–Crippen LogP) is 2.80. The molecule has 0 aliphatic rings. The van der Waals surface area contributed by atoms with Crippen LogP contribution in [0.15, 0.2) is 30.5 Å². The Balaban J connectivity index is 2.03. The lowest BCUT2D eigenvalue weighted by Gasteiger charge is -2.03. The van der Waals surface area contributed by atoms with Crippen LogP contribution in [0.2, 0.25) is 5.02 Å². The van der Waals surface area contributed by atoms with Crippen LogP contribution in [0.4, 0.5) is 4.39 Å². The minimum atomic E-state index is -0.361. The molecule has 1 aromatic carbocycles. The van der Waals surface area contributed by atoms with E-state index in [1.807, 2.05) is 0 Å². The number of rotatable bonds is 4. The van der Waals surface area contributed by atoms with Gasteiger partial charge in [0, 0.05) is 12.6 Å². The van der Waals surface area contributed by atoms with E-state index in [-0.39, 0.29) is 24.6 Å². The molecule has 0 N–H and O–H groups in total. The van der Waals surface area contributed by atoms with Crippen LogP contribution in [0.3, 0.4) is 0 Å². The van der Waals surface area contributed by atoms with Gasteiger partial charge < -0.3 is 0 Å². The maximum absolute atomic E-state index is 13.4. The van der Waals surface area contributed by atoms with E-state index in [4.69, 9.17) is 11.6 Å². The largest absolute Gasteiger partial charge is 0.297 e. The molecule has 0 saturated carbocycles. The Morgan fingerprint density at radius 1 is 1.44 bits per heavy atom. The molecule has 0 bridgehead atoms. The Bertz CT molecular complexity index is 561. The molecule has 0 saturated heterocycles. The second-order valence-corrected chi connectivity index (χ2v) is 4.47. The van der Waals surface area contributed by atoms with E-state index in [0.29, 0.717) is 16.3 Å².